The Morgan fingerprint density at radius 1 is 1.09 bits per heavy atom. The first-order chi connectivity index (χ1) is 15.7. The fourth-order valence-corrected chi connectivity index (χ4v) is 3.25. The Morgan fingerprint density at radius 2 is 1.85 bits per heavy atom. The molecule has 0 saturated carbocycles. The molecule has 174 valence electrons. The maximum atomic E-state index is 14.4. The zero-order valence-electron chi connectivity index (χ0n) is 17.8. The van der Waals surface area contributed by atoms with Crippen LogP contribution in [0, 0.1) is 27.6 Å². The molecule has 2 aromatic carbocycles. The third kappa shape index (κ3) is 5.48. The van der Waals surface area contributed by atoms with E-state index >= 15 is 0 Å². The van der Waals surface area contributed by atoms with Gasteiger partial charge in [0.1, 0.15) is 17.3 Å². The number of nitro benzene ring substituents is 1. The first kappa shape index (κ1) is 23.8. The first-order valence-electron chi connectivity index (χ1n) is 9.88. The van der Waals surface area contributed by atoms with Crippen molar-refractivity contribution >= 4 is 5.69 Å². The molecule has 3 rings (SSSR count). The van der Waals surface area contributed by atoms with Gasteiger partial charge in [-0.3, -0.25) is 14.9 Å². The largest absolute Gasteiger partial charge is 0.493 e. The second-order valence-electron chi connectivity index (χ2n) is 7.13. The second kappa shape index (κ2) is 10.2. The van der Waals surface area contributed by atoms with Crippen molar-refractivity contribution in [1.82, 2.24) is 9.78 Å². The molecule has 3 aromatic rings. The summed E-state index contributed by atoms with van der Waals surface area (Å²) >= 11 is 0. The highest BCUT2D eigenvalue weighted by Crippen LogP contribution is 2.31. The van der Waals surface area contributed by atoms with Crippen molar-refractivity contribution in [2.24, 2.45) is 7.05 Å². The number of non-ortho nitro benzene ring substituents is 1. The van der Waals surface area contributed by atoms with Crippen LogP contribution in [0.4, 0.5) is 18.9 Å². The lowest BCUT2D eigenvalue weighted by Gasteiger charge is -2.13. The van der Waals surface area contributed by atoms with E-state index in [-0.39, 0.29) is 35.1 Å². The molecule has 0 amide bonds. The van der Waals surface area contributed by atoms with Gasteiger partial charge in [0.25, 0.3) is 11.2 Å². The smallest absolute Gasteiger partial charge is 0.270 e. The average Bonchev–Trinajstić information content (AvgIpc) is 2.75. The second-order valence-corrected chi connectivity index (χ2v) is 7.13. The van der Waals surface area contributed by atoms with Crippen LogP contribution in [0.15, 0.2) is 41.2 Å². The molecular weight excluding hydrogens is 443 g/mol. The number of hydrogen-bond donors (Lipinski definition) is 0. The summed E-state index contributed by atoms with van der Waals surface area (Å²) in [5, 5.41) is 15.1. The Labute approximate surface area is 186 Å². The minimum atomic E-state index is -0.793. The Kier molecular flexibility index (Phi) is 7.31. The highest BCUT2D eigenvalue weighted by atomic mass is 19.1. The number of rotatable bonds is 9. The molecule has 0 aliphatic rings. The molecule has 33 heavy (non-hydrogen) atoms. The van der Waals surface area contributed by atoms with Gasteiger partial charge in [-0.2, -0.15) is 5.10 Å². The molecule has 1 aromatic heterocycles. The van der Waals surface area contributed by atoms with E-state index in [9.17, 15) is 28.1 Å². The standard InChI is InChI=1S/C22H20F3N3O5/c1-27-20(29)12-19(21(26-27)16-11-15(28(30)31)6-7-17(16)24)33-8-4-3-5-13-9-14(23)10-18(25)22(13)32-2/h6-7,9-12H,3-5,8H2,1-2H3. The summed E-state index contributed by atoms with van der Waals surface area (Å²) in [4.78, 5) is 22.4. The summed E-state index contributed by atoms with van der Waals surface area (Å²) in [6.45, 7) is 0.0819. The fourth-order valence-electron chi connectivity index (χ4n) is 3.25. The van der Waals surface area contributed by atoms with E-state index in [0.29, 0.717) is 24.8 Å². The van der Waals surface area contributed by atoms with E-state index in [0.717, 1.165) is 35.0 Å². The van der Waals surface area contributed by atoms with Gasteiger partial charge in [0.05, 0.1) is 18.6 Å². The number of benzene rings is 2. The van der Waals surface area contributed by atoms with Crippen LogP contribution in [0.5, 0.6) is 11.5 Å². The third-order valence-electron chi connectivity index (χ3n) is 4.86. The normalized spacial score (nSPS) is 10.8. The van der Waals surface area contributed by atoms with E-state index in [1.165, 1.54) is 20.2 Å². The summed E-state index contributed by atoms with van der Waals surface area (Å²) in [7, 11) is 2.65. The van der Waals surface area contributed by atoms with E-state index < -0.39 is 27.9 Å². The molecule has 0 bridgehead atoms. The third-order valence-corrected chi connectivity index (χ3v) is 4.86. The topological polar surface area (TPSA) is 96.5 Å². The number of nitro groups is 1. The van der Waals surface area contributed by atoms with E-state index in [4.69, 9.17) is 9.47 Å². The van der Waals surface area contributed by atoms with Crippen molar-refractivity contribution in [2.75, 3.05) is 13.7 Å². The van der Waals surface area contributed by atoms with Gasteiger partial charge in [-0.25, -0.2) is 17.9 Å². The van der Waals surface area contributed by atoms with Crippen molar-refractivity contribution in [1.29, 1.82) is 0 Å². The van der Waals surface area contributed by atoms with Gasteiger partial charge in [0.2, 0.25) is 0 Å². The van der Waals surface area contributed by atoms with Crippen LogP contribution in [0.3, 0.4) is 0 Å². The monoisotopic (exact) mass is 463 g/mol. The average molecular weight is 463 g/mol. The molecule has 0 radical (unpaired) electrons. The van der Waals surface area contributed by atoms with Crippen molar-refractivity contribution in [2.45, 2.75) is 19.3 Å². The summed E-state index contributed by atoms with van der Waals surface area (Å²) < 4.78 is 53.3. The molecule has 0 unspecified atom stereocenters. The lowest BCUT2D eigenvalue weighted by atomic mass is 10.1. The van der Waals surface area contributed by atoms with E-state index in [1.807, 2.05) is 0 Å². The van der Waals surface area contributed by atoms with E-state index in [1.54, 1.807) is 0 Å². The maximum absolute atomic E-state index is 14.4. The van der Waals surface area contributed by atoms with Gasteiger partial charge >= 0.3 is 0 Å². The zero-order chi connectivity index (χ0) is 24.1. The molecule has 0 spiro atoms. The van der Waals surface area contributed by atoms with Gasteiger partial charge < -0.3 is 9.47 Å². The molecule has 1 heterocycles. The van der Waals surface area contributed by atoms with E-state index in [2.05, 4.69) is 5.10 Å². The summed E-state index contributed by atoms with van der Waals surface area (Å²) in [5.74, 6) is -2.34. The molecule has 0 aliphatic carbocycles. The van der Waals surface area contributed by atoms with Crippen LogP contribution in [0.1, 0.15) is 18.4 Å². The van der Waals surface area contributed by atoms with Crippen LogP contribution in [0.25, 0.3) is 11.3 Å². The lowest BCUT2D eigenvalue weighted by molar-refractivity contribution is -0.384. The molecule has 8 nitrogen and oxygen atoms in total. The van der Waals surface area contributed by atoms with Crippen LogP contribution in [0.2, 0.25) is 0 Å². The molecule has 0 saturated heterocycles. The Morgan fingerprint density at radius 3 is 2.55 bits per heavy atom. The number of aryl methyl sites for hydroxylation is 2. The summed E-state index contributed by atoms with van der Waals surface area (Å²) in [6, 6.07) is 6.02. The van der Waals surface area contributed by atoms with Crippen molar-refractivity contribution in [3.8, 4) is 22.8 Å². The molecule has 0 N–H and O–H groups in total. The zero-order valence-corrected chi connectivity index (χ0v) is 17.8. The highest BCUT2D eigenvalue weighted by molar-refractivity contribution is 5.68. The van der Waals surface area contributed by atoms with Crippen molar-refractivity contribution in [3.63, 3.8) is 0 Å². The number of ether oxygens (including phenoxy) is 2. The molecule has 11 heteroatoms. The number of hydrogen-bond acceptors (Lipinski definition) is 6. The van der Waals surface area contributed by atoms with Gasteiger partial charge in [0, 0.05) is 42.4 Å². The van der Waals surface area contributed by atoms with Crippen molar-refractivity contribution < 1.29 is 27.6 Å². The van der Waals surface area contributed by atoms with Gasteiger partial charge in [-0.1, -0.05) is 0 Å². The molecular formula is C22H20F3N3O5. The van der Waals surface area contributed by atoms with Crippen molar-refractivity contribution in [3.05, 3.63) is 79.9 Å². The minimum absolute atomic E-state index is 0.0310. The predicted octanol–water partition coefficient (Wildman–Crippen LogP) is 4.18. The van der Waals surface area contributed by atoms with Gasteiger partial charge in [-0.15, -0.1) is 0 Å². The predicted molar refractivity (Wildman–Crippen MR) is 113 cm³/mol. The Bertz CT molecular complexity index is 1250. The number of unbranched alkanes of at least 4 members (excludes halogenated alkanes) is 1. The van der Waals surface area contributed by atoms with Gasteiger partial charge in [0.15, 0.2) is 17.3 Å². The lowest BCUT2D eigenvalue weighted by Crippen LogP contribution is -2.20. The van der Waals surface area contributed by atoms with Crippen LogP contribution >= 0.6 is 0 Å². The first-order valence-corrected chi connectivity index (χ1v) is 9.88. The Balaban J connectivity index is 1.75. The fraction of sp³-hybridized carbons (Fsp3) is 0.273. The number of methoxy groups -OCH3 is 1. The highest BCUT2D eigenvalue weighted by Gasteiger charge is 2.19. The number of aromatic nitrogens is 2. The maximum Gasteiger partial charge on any atom is 0.270 e. The summed E-state index contributed by atoms with van der Waals surface area (Å²) in [5.41, 5.74) is -0.740. The molecule has 0 aliphatic heterocycles. The minimum Gasteiger partial charge on any atom is -0.493 e. The van der Waals surface area contributed by atoms with Gasteiger partial charge in [-0.05, 0) is 31.4 Å². The number of halogens is 3. The van der Waals surface area contributed by atoms with Crippen LogP contribution < -0.4 is 15.0 Å². The summed E-state index contributed by atoms with van der Waals surface area (Å²) in [6.07, 6.45) is 1.20. The Hall–Kier alpha value is -3.89. The quantitative estimate of drug-likeness (QED) is 0.268. The SMILES string of the molecule is COc1c(F)cc(F)cc1CCCCOc1cc(=O)n(C)nc1-c1cc([N+](=O)[O-])ccc1F. The van der Waals surface area contributed by atoms with Crippen LogP contribution in [-0.4, -0.2) is 28.4 Å². The molecule has 0 fully saturated rings. The van der Waals surface area contributed by atoms with Crippen LogP contribution in [-0.2, 0) is 13.5 Å². The molecule has 0 atom stereocenters. The number of nitrogens with zero attached hydrogens (tertiary/aromatic N) is 3.